The van der Waals surface area contributed by atoms with Crippen LogP contribution < -0.4 is 5.32 Å². The van der Waals surface area contributed by atoms with Crippen molar-refractivity contribution in [1.82, 2.24) is 34.5 Å². The van der Waals surface area contributed by atoms with Crippen molar-refractivity contribution in [3.8, 4) is 17.3 Å². The molecule has 6 rings (SSSR count). The molecule has 0 atom stereocenters. The highest BCUT2D eigenvalue weighted by atomic mass is 19.1. The van der Waals surface area contributed by atoms with Crippen LogP contribution in [-0.2, 0) is 5.54 Å². The van der Waals surface area contributed by atoms with Gasteiger partial charge in [-0.3, -0.25) is 9.58 Å². The Labute approximate surface area is 216 Å². The lowest BCUT2D eigenvalue weighted by Gasteiger charge is -2.53. The molecule has 1 aromatic carbocycles. The number of amides is 2. The van der Waals surface area contributed by atoms with Gasteiger partial charge in [-0.15, -0.1) is 0 Å². The summed E-state index contributed by atoms with van der Waals surface area (Å²) in [5.74, 6) is -1.29. The lowest BCUT2D eigenvalue weighted by atomic mass is 9.84. The molecular weight excluding hydrogens is 492 g/mol. The van der Waals surface area contributed by atoms with E-state index < -0.39 is 23.2 Å². The second-order valence-corrected chi connectivity index (χ2v) is 9.87. The highest BCUT2D eigenvalue weighted by molar-refractivity contribution is 5.90. The summed E-state index contributed by atoms with van der Waals surface area (Å²) in [5, 5.41) is 17.6. The molecule has 2 amide bonds. The van der Waals surface area contributed by atoms with Crippen LogP contribution in [0.15, 0.2) is 49.2 Å². The number of nitriles is 1. The number of H-pyrrole nitrogens is 1. The van der Waals surface area contributed by atoms with Crippen LogP contribution >= 0.6 is 0 Å². The number of carbonyl (C=O) groups excluding carboxylic acids is 1. The smallest absolute Gasteiger partial charge is 0.321 e. The number of halogens is 2. The van der Waals surface area contributed by atoms with Gasteiger partial charge >= 0.3 is 6.03 Å². The minimum atomic E-state index is -0.678. The summed E-state index contributed by atoms with van der Waals surface area (Å²) in [6, 6.07) is 7.04. The molecule has 3 aromatic heterocycles. The van der Waals surface area contributed by atoms with Gasteiger partial charge in [-0.2, -0.15) is 10.4 Å². The molecule has 0 saturated carbocycles. The van der Waals surface area contributed by atoms with Crippen LogP contribution in [-0.4, -0.2) is 72.8 Å². The molecule has 0 aliphatic carbocycles. The van der Waals surface area contributed by atoms with Gasteiger partial charge in [0.25, 0.3) is 0 Å². The van der Waals surface area contributed by atoms with Gasteiger partial charge in [-0.05, 0) is 31.0 Å². The van der Waals surface area contributed by atoms with Gasteiger partial charge in [0.2, 0.25) is 0 Å². The molecule has 2 aliphatic heterocycles. The molecule has 10 nitrogen and oxygen atoms in total. The van der Waals surface area contributed by atoms with Gasteiger partial charge in [0.15, 0.2) is 0 Å². The first-order valence-corrected chi connectivity index (χ1v) is 12.4. The topological polar surface area (TPSA) is 119 Å². The van der Waals surface area contributed by atoms with Crippen molar-refractivity contribution in [1.29, 1.82) is 5.26 Å². The monoisotopic (exact) mass is 517 g/mol. The number of carbonyl (C=O) groups is 1. The molecule has 0 radical (unpaired) electrons. The predicted octanol–water partition coefficient (Wildman–Crippen LogP) is 3.72. The van der Waals surface area contributed by atoms with Crippen molar-refractivity contribution >= 4 is 22.8 Å². The van der Waals surface area contributed by atoms with E-state index in [9.17, 15) is 18.8 Å². The third-order valence-corrected chi connectivity index (χ3v) is 7.54. The summed E-state index contributed by atoms with van der Waals surface area (Å²) >= 11 is 0. The zero-order valence-corrected chi connectivity index (χ0v) is 20.4. The number of hydrogen-bond acceptors (Lipinski definition) is 6. The Hall–Kier alpha value is -4.37. The standard InChI is InChI=1S/C26H25F2N9O/c27-18-1-2-21(28)22(11-18)34-25(38)35-9-4-19(5-10-35)36-14-26(15-36,6-7-29)37-13-17(12-33-37)23-20-3-8-30-24(20)32-16-31-23/h1-3,8,11-13,16,19H,4-6,9-10,14-15H2,(H,34,38)(H,30,31,32). The fraction of sp³-hybridized carbons (Fsp3) is 0.346. The molecular formula is C26H25F2N9O. The summed E-state index contributed by atoms with van der Waals surface area (Å²) in [5.41, 5.74) is 1.81. The summed E-state index contributed by atoms with van der Waals surface area (Å²) in [7, 11) is 0. The zero-order chi connectivity index (χ0) is 26.3. The van der Waals surface area contributed by atoms with Gasteiger partial charge < -0.3 is 15.2 Å². The van der Waals surface area contributed by atoms with Crippen LogP contribution in [0.1, 0.15) is 19.3 Å². The quantitative estimate of drug-likeness (QED) is 0.417. The Kier molecular flexibility index (Phi) is 6.00. The molecule has 0 bridgehead atoms. The molecule has 2 aliphatic rings. The number of hydrogen-bond donors (Lipinski definition) is 2. The SMILES string of the molecule is N#CCC1(n2cc(-c3ncnc4[nH]ccc34)cn2)CN(C2CCN(C(=O)Nc3cc(F)ccc3F)CC2)C1. The van der Waals surface area contributed by atoms with E-state index in [1.165, 1.54) is 6.33 Å². The van der Waals surface area contributed by atoms with Gasteiger partial charge in [-0.1, -0.05) is 0 Å². The van der Waals surface area contributed by atoms with Crippen LogP contribution in [0.25, 0.3) is 22.3 Å². The number of anilines is 1. The summed E-state index contributed by atoms with van der Waals surface area (Å²) in [6.45, 7) is 2.36. The maximum Gasteiger partial charge on any atom is 0.321 e. The van der Waals surface area contributed by atoms with Crippen LogP contribution in [0.5, 0.6) is 0 Å². The number of fused-ring (bicyclic) bond motifs is 1. The van der Waals surface area contributed by atoms with Crippen LogP contribution in [0.3, 0.4) is 0 Å². The van der Waals surface area contributed by atoms with E-state index in [0.29, 0.717) is 32.6 Å². The Morgan fingerprint density at radius 3 is 2.82 bits per heavy atom. The third-order valence-electron chi connectivity index (χ3n) is 7.54. The van der Waals surface area contributed by atoms with Crippen molar-refractivity contribution in [3.63, 3.8) is 0 Å². The molecule has 4 aromatic rings. The summed E-state index contributed by atoms with van der Waals surface area (Å²) < 4.78 is 29.2. The van der Waals surface area contributed by atoms with E-state index in [2.05, 4.69) is 36.3 Å². The molecule has 12 heteroatoms. The summed E-state index contributed by atoms with van der Waals surface area (Å²) in [6.07, 6.45) is 8.88. The van der Waals surface area contributed by atoms with E-state index in [0.717, 1.165) is 53.3 Å². The first-order valence-electron chi connectivity index (χ1n) is 12.4. The van der Waals surface area contributed by atoms with Crippen molar-refractivity contribution in [2.24, 2.45) is 0 Å². The zero-order valence-electron chi connectivity index (χ0n) is 20.4. The Morgan fingerprint density at radius 1 is 1.21 bits per heavy atom. The van der Waals surface area contributed by atoms with Gasteiger partial charge in [0.05, 0.1) is 30.1 Å². The second-order valence-electron chi connectivity index (χ2n) is 9.87. The molecule has 0 spiro atoms. The van der Waals surface area contributed by atoms with E-state index >= 15 is 0 Å². The Balaban J connectivity index is 1.09. The van der Waals surface area contributed by atoms with Crippen molar-refractivity contribution in [2.75, 3.05) is 31.5 Å². The number of aromatic amines is 1. The average Bonchev–Trinajstić information content (AvgIpc) is 3.58. The normalized spacial score (nSPS) is 17.8. The highest BCUT2D eigenvalue weighted by Gasteiger charge is 2.48. The van der Waals surface area contributed by atoms with E-state index in [4.69, 9.17) is 0 Å². The number of likely N-dealkylation sites (tertiary alicyclic amines) is 2. The molecule has 2 N–H and O–H groups in total. The second kappa shape index (κ2) is 9.50. The fourth-order valence-electron chi connectivity index (χ4n) is 5.48. The minimum absolute atomic E-state index is 0.168. The number of benzene rings is 1. The number of nitrogens with zero attached hydrogens (tertiary/aromatic N) is 7. The van der Waals surface area contributed by atoms with Crippen molar-refractivity contribution in [2.45, 2.75) is 30.8 Å². The lowest BCUT2D eigenvalue weighted by Crippen LogP contribution is -2.66. The molecule has 2 saturated heterocycles. The van der Waals surface area contributed by atoms with Crippen LogP contribution in [0, 0.1) is 23.0 Å². The molecule has 5 heterocycles. The Bertz CT molecular complexity index is 1530. The number of urea groups is 1. The van der Waals surface area contributed by atoms with Crippen LogP contribution in [0.4, 0.5) is 19.3 Å². The van der Waals surface area contributed by atoms with Crippen LogP contribution in [0.2, 0.25) is 0 Å². The van der Waals surface area contributed by atoms with E-state index in [1.54, 1.807) is 11.1 Å². The fourth-order valence-corrected chi connectivity index (χ4v) is 5.48. The molecule has 38 heavy (non-hydrogen) atoms. The predicted molar refractivity (Wildman–Crippen MR) is 135 cm³/mol. The maximum absolute atomic E-state index is 13.9. The van der Waals surface area contributed by atoms with Gasteiger partial charge in [-0.25, -0.2) is 23.5 Å². The number of piperidine rings is 1. The number of nitrogens with one attached hydrogen (secondary N) is 2. The van der Waals surface area contributed by atoms with E-state index in [-0.39, 0.29) is 11.7 Å². The molecule has 194 valence electrons. The first kappa shape index (κ1) is 24.0. The number of rotatable bonds is 5. The Morgan fingerprint density at radius 2 is 2.03 bits per heavy atom. The van der Waals surface area contributed by atoms with Crippen molar-refractivity contribution in [3.05, 3.63) is 60.8 Å². The third kappa shape index (κ3) is 4.24. The largest absolute Gasteiger partial charge is 0.346 e. The highest BCUT2D eigenvalue weighted by Crippen LogP contribution is 2.37. The summed E-state index contributed by atoms with van der Waals surface area (Å²) in [4.78, 5) is 28.3. The van der Waals surface area contributed by atoms with E-state index in [1.807, 2.05) is 23.1 Å². The van der Waals surface area contributed by atoms with Gasteiger partial charge in [0, 0.05) is 61.6 Å². The lowest BCUT2D eigenvalue weighted by molar-refractivity contribution is -0.0399. The minimum Gasteiger partial charge on any atom is -0.346 e. The average molecular weight is 518 g/mol. The van der Waals surface area contributed by atoms with Gasteiger partial charge in [0.1, 0.15) is 29.1 Å². The molecule has 0 unspecified atom stereocenters. The number of aromatic nitrogens is 5. The maximum atomic E-state index is 13.9. The first-order chi connectivity index (χ1) is 18.5. The van der Waals surface area contributed by atoms with Crippen molar-refractivity contribution < 1.29 is 13.6 Å². The molecule has 2 fully saturated rings.